The first-order valence-electron chi connectivity index (χ1n) is 18.1. The lowest BCUT2D eigenvalue weighted by molar-refractivity contribution is 0.0495. The Kier molecular flexibility index (Phi) is 19.5. The molecule has 0 aliphatic carbocycles. The SMILES string of the molecule is C.C.C[SiH]1O[SiH](C)O[Si](C)(O[Si](C)(C)O[Si](C)(C)O[Si](C)(C)O[Si]2(C)O[SiH](C)O[SiH](C)O[Si](C)(CCCOC3CO3)O2)O[Si](C)(CCCOC2CO2)O1. The molecule has 10 atom stereocenters. The van der Waals surface area contributed by atoms with Crippen LogP contribution < -0.4 is 0 Å². The number of rotatable bonds is 18. The third-order valence-electron chi connectivity index (χ3n) is 7.77. The Bertz CT molecular complexity index is 1050. The van der Waals surface area contributed by atoms with E-state index in [2.05, 4.69) is 13.1 Å². The number of epoxide rings is 2. The van der Waals surface area contributed by atoms with E-state index < -0.39 is 97.5 Å². The lowest BCUT2D eigenvalue weighted by Gasteiger charge is -2.46. The maximum atomic E-state index is 6.88. The Labute approximate surface area is 334 Å². The Balaban J connectivity index is 0.00000486. The van der Waals surface area contributed by atoms with E-state index in [0.29, 0.717) is 26.4 Å². The minimum Gasteiger partial charge on any atom is -0.420 e. The van der Waals surface area contributed by atoms with E-state index >= 15 is 0 Å². The van der Waals surface area contributed by atoms with Gasteiger partial charge in [0, 0.05) is 26.3 Å². The molecular weight excluding hydrogens is 877 g/mol. The average molecular weight is 950 g/mol. The Morgan fingerprint density at radius 1 is 0.547 bits per heavy atom. The Morgan fingerprint density at radius 2 is 0.868 bits per heavy atom. The molecule has 4 saturated heterocycles. The van der Waals surface area contributed by atoms with Crippen molar-refractivity contribution in [1.29, 1.82) is 0 Å². The van der Waals surface area contributed by atoms with Gasteiger partial charge in [-0.25, -0.2) is 0 Å². The molecule has 4 rings (SSSR count). The lowest BCUT2D eigenvalue weighted by atomic mass is 10.5. The summed E-state index contributed by atoms with van der Waals surface area (Å²) in [6.45, 7) is 30.7. The molecule has 16 nitrogen and oxygen atoms in total. The van der Waals surface area contributed by atoms with Gasteiger partial charge in [0.15, 0.2) is 12.6 Å². The maximum Gasteiger partial charge on any atom is 0.470 e. The summed E-state index contributed by atoms with van der Waals surface area (Å²) in [5, 5.41) is 0. The molecule has 0 spiro atoms. The summed E-state index contributed by atoms with van der Waals surface area (Å²) in [6.07, 6.45) is 1.42. The third kappa shape index (κ3) is 18.7. The van der Waals surface area contributed by atoms with Gasteiger partial charge in [-0.3, -0.25) is 0 Å². The highest BCUT2D eigenvalue weighted by atomic mass is 28.6. The zero-order valence-electron chi connectivity index (χ0n) is 33.2. The molecule has 0 aromatic carbocycles. The van der Waals surface area contributed by atoms with Crippen molar-refractivity contribution in [3.63, 3.8) is 0 Å². The summed E-state index contributed by atoms with van der Waals surface area (Å²) in [5.41, 5.74) is 0. The highest BCUT2D eigenvalue weighted by Crippen LogP contribution is 2.34. The van der Waals surface area contributed by atoms with Crippen LogP contribution >= 0.6 is 0 Å². The van der Waals surface area contributed by atoms with Crippen molar-refractivity contribution >= 4 is 97.5 Å². The van der Waals surface area contributed by atoms with Crippen molar-refractivity contribution in [2.75, 3.05) is 26.4 Å². The predicted molar refractivity (Wildman–Crippen MR) is 228 cm³/mol. The van der Waals surface area contributed by atoms with E-state index in [0.717, 1.165) is 24.9 Å². The minimum absolute atomic E-state index is 0. The van der Waals surface area contributed by atoms with Gasteiger partial charge in [-0.05, 0) is 103 Å². The third-order valence-corrected chi connectivity index (χ3v) is 50.3. The van der Waals surface area contributed by atoms with Crippen molar-refractivity contribution in [1.82, 2.24) is 0 Å². The van der Waals surface area contributed by atoms with E-state index in [1.807, 2.05) is 78.6 Å². The second kappa shape index (κ2) is 20.3. The van der Waals surface area contributed by atoms with Crippen LogP contribution in [0.25, 0.3) is 0 Å². The smallest absolute Gasteiger partial charge is 0.420 e. The fraction of sp³-hybridized carbons (Fsp3) is 1.00. The zero-order valence-corrected chi connectivity index (χ0v) is 44.8. The summed E-state index contributed by atoms with van der Waals surface area (Å²) < 4.78 is 102. The van der Waals surface area contributed by atoms with Gasteiger partial charge in [-0.15, -0.1) is 0 Å². The molecule has 316 valence electrons. The molecule has 0 amide bonds. The first-order chi connectivity index (χ1) is 23.4. The molecule has 53 heavy (non-hydrogen) atoms. The molecule has 0 bridgehead atoms. The summed E-state index contributed by atoms with van der Waals surface area (Å²) in [5.74, 6) is 0. The van der Waals surface area contributed by atoms with Crippen LogP contribution in [0.2, 0.25) is 104 Å². The van der Waals surface area contributed by atoms with E-state index in [9.17, 15) is 0 Å². The van der Waals surface area contributed by atoms with Crippen molar-refractivity contribution < 1.29 is 68.3 Å². The zero-order chi connectivity index (χ0) is 37.9. The van der Waals surface area contributed by atoms with E-state index in [1.165, 1.54) is 0 Å². The Hall–Kier alpha value is 1.75. The number of hydrogen-bond donors (Lipinski definition) is 0. The predicted octanol–water partition coefficient (Wildman–Crippen LogP) is 4.80. The van der Waals surface area contributed by atoms with Gasteiger partial charge in [0.2, 0.25) is 0 Å². The van der Waals surface area contributed by atoms with Crippen molar-refractivity contribution in [3.8, 4) is 0 Å². The molecule has 4 aliphatic heterocycles. The molecule has 0 aromatic heterocycles. The van der Waals surface area contributed by atoms with Crippen LogP contribution in [0.15, 0.2) is 0 Å². The highest BCUT2D eigenvalue weighted by molar-refractivity contribution is 6.92. The lowest BCUT2D eigenvalue weighted by Crippen LogP contribution is -2.66. The average Bonchev–Trinajstić information content (AvgIpc) is 3.80. The van der Waals surface area contributed by atoms with Crippen LogP contribution in [0.4, 0.5) is 0 Å². The van der Waals surface area contributed by atoms with E-state index in [1.54, 1.807) is 0 Å². The van der Waals surface area contributed by atoms with Gasteiger partial charge in [-0.2, -0.15) is 0 Å². The molecule has 10 unspecified atom stereocenters. The van der Waals surface area contributed by atoms with Crippen LogP contribution in [0.1, 0.15) is 27.7 Å². The van der Waals surface area contributed by atoms with Crippen molar-refractivity contribution in [2.24, 2.45) is 0 Å². The normalized spacial score (nSPS) is 38.4. The van der Waals surface area contributed by atoms with Gasteiger partial charge < -0.3 is 68.3 Å². The van der Waals surface area contributed by atoms with Gasteiger partial charge in [0.05, 0.1) is 0 Å². The first kappa shape index (κ1) is 50.9. The largest absolute Gasteiger partial charge is 0.470 e. The summed E-state index contributed by atoms with van der Waals surface area (Å²) in [7, 11) is -28.7. The van der Waals surface area contributed by atoms with Gasteiger partial charge in [0.1, 0.15) is 13.2 Å². The van der Waals surface area contributed by atoms with Gasteiger partial charge in [0.25, 0.3) is 18.6 Å². The standard InChI is InChI=1S/C24H64O16Si11.2CH4/c1-41-29-43(3)33-50(13,39-48(11,31-41)19-15-17-25-23-21-27-23)37-46(7,8)35-45(5,6)36-47(9,10)38-51(14)34-44(4)30-42(2)32-49(12,40-51)20-16-18-26-24-22-28-24;;/h23-24,41-44H,15-22H2,1-14H3;2*1H4. The van der Waals surface area contributed by atoms with Crippen LogP contribution in [0, 0.1) is 0 Å². The monoisotopic (exact) mass is 948 g/mol. The van der Waals surface area contributed by atoms with Gasteiger partial charge >= 0.3 is 79.0 Å². The molecule has 0 saturated carbocycles. The second-order valence-electron chi connectivity index (χ2n) is 15.3. The molecule has 0 aromatic rings. The molecule has 4 aliphatic rings. The summed E-state index contributed by atoms with van der Waals surface area (Å²) in [6, 6.07) is 1.46. The number of ether oxygens (including phenoxy) is 4. The highest BCUT2D eigenvalue weighted by Gasteiger charge is 2.56. The van der Waals surface area contributed by atoms with Crippen LogP contribution in [-0.4, -0.2) is 137 Å². The fourth-order valence-electron chi connectivity index (χ4n) is 6.77. The molecular formula is C26H72O16Si11. The molecule has 0 N–H and O–H groups in total. The summed E-state index contributed by atoms with van der Waals surface area (Å²) >= 11 is 0. The fourth-order valence-corrected chi connectivity index (χ4v) is 57.1. The molecule has 27 heteroatoms. The van der Waals surface area contributed by atoms with E-state index in [-0.39, 0.29) is 27.4 Å². The van der Waals surface area contributed by atoms with Crippen molar-refractivity contribution in [2.45, 2.75) is 144 Å². The molecule has 4 fully saturated rings. The van der Waals surface area contributed by atoms with E-state index in [4.69, 9.17) is 68.3 Å². The maximum absolute atomic E-state index is 6.88. The quantitative estimate of drug-likeness (QED) is 0.105. The molecule has 4 heterocycles. The van der Waals surface area contributed by atoms with Crippen LogP contribution in [0.5, 0.6) is 0 Å². The number of hydrogen-bond acceptors (Lipinski definition) is 16. The summed E-state index contributed by atoms with van der Waals surface area (Å²) in [4.78, 5) is 0. The topological polar surface area (TPSA) is 154 Å². The van der Waals surface area contributed by atoms with Gasteiger partial charge in [-0.1, -0.05) is 14.9 Å². The van der Waals surface area contributed by atoms with Crippen LogP contribution in [-0.2, 0) is 68.3 Å². The Morgan fingerprint density at radius 3 is 1.19 bits per heavy atom. The van der Waals surface area contributed by atoms with Crippen molar-refractivity contribution in [3.05, 3.63) is 0 Å². The minimum atomic E-state index is -3.27. The second-order valence-corrected chi connectivity index (χ2v) is 48.1. The first-order valence-corrected chi connectivity index (χ1v) is 44.4. The van der Waals surface area contributed by atoms with Crippen LogP contribution in [0.3, 0.4) is 0 Å². The molecule has 0 radical (unpaired) electrons.